The van der Waals surface area contributed by atoms with Crippen molar-refractivity contribution in [2.24, 2.45) is 0 Å². The van der Waals surface area contributed by atoms with Crippen LogP contribution in [0.2, 0.25) is 0 Å². The van der Waals surface area contributed by atoms with Gasteiger partial charge in [-0.15, -0.1) is 0 Å². The largest absolute Gasteiger partial charge is 0.372 e. The molecule has 0 atom stereocenters. The lowest BCUT2D eigenvalue weighted by Crippen LogP contribution is -2.28. The van der Waals surface area contributed by atoms with Crippen LogP contribution >= 0.6 is 0 Å². The Labute approximate surface area is 84.2 Å². The predicted octanol–water partition coefficient (Wildman–Crippen LogP) is -0.335. The lowest BCUT2D eigenvalue weighted by Gasteiger charge is -2.04. The third-order valence-electron chi connectivity index (χ3n) is 1.59. The molecule has 0 heterocycles. The normalized spacial score (nSPS) is 9.50. The van der Waals surface area contributed by atoms with E-state index in [1.165, 1.54) is 0 Å². The molecule has 0 saturated carbocycles. The minimum atomic E-state index is -0.0878. The van der Waals surface area contributed by atoms with Crippen molar-refractivity contribution < 1.29 is 14.3 Å². The van der Waals surface area contributed by atoms with Crippen LogP contribution in [0.5, 0.6) is 0 Å². The van der Waals surface area contributed by atoms with Gasteiger partial charge in [0, 0.05) is 19.7 Å². The van der Waals surface area contributed by atoms with Crippen molar-refractivity contribution in [3.63, 3.8) is 0 Å². The molecule has 0 aliphatic rings. The molecular weight excluding hydrogens is 184 g/mol. The first-order chi connectivity index (χ1) is 6.81. The molecule has 2 N–H and O–H groups in total. The smallest absolute Gasteiger partial charge is 0.245 e. The Kier molecular flexibility index (Phi) is 9.20. The summed E-state index contributed by atoms with van der Waals surface area (Å²) in [5.41, 5.74) is 0. The van der Waals surface area contributed by atoms with Crippen LogP contribution in [0.4, 0.5) is 0 Å². The van der Waals surface area contributed by atoms with Gasteiger partial charge >= 0.3 is 0 Å². The van der Waals surface area contributed by atoms with E-state index in [4.69, 9.17) is 4.74 Å². The molecule has 0 spiro atoms. The van der Waals surface area contributed by atoms with Crippen LogP contribution in [-0.2, 0) is 14.3 Å². The van der Waals surface area contributed by atoms with Gasteiger partial charge in [0.25, 0.3) is 0 Å². The molecule has 2 amide bonds. The molecule has 0 aromatic carbocycles. The van der Waals surface area contributed by atoms with Gasteiger partial charge < -0.3 is 15.4 Å². The van der Waals surface area contributed by atoms with Crippen LogP contribution in [0.25, 0.3) is 0 Å². The molecule has 82 valence electrons. The first-order valence-electron chi connectivity index (χ1n) is 4.82. The van der Waals surface area contributed by atoms with Crippen molar-refractivity contribution in [1.29, 1.82) is 0 Å². The van der Waals surface area contributed by atoms with Crippen molar-refractivity contribution in [1.82, 2.24) is 10.6 Å². The van der Waals surface area contributed by atoms with Crippen LogP contribution in [0.15, 0.2) is 0 Å². The minimum absolute atomic E-state index is 0.0878. The van der Waals surface area contributed by atoms with Crippen LogP contribution in [0, 0.1) is 0 Å². The highest BCUT2D eigenvalue weighted by molar-refractivity contribution is 5.77. The van der Waals surface area contributed by atoms with E-state index in [0.717, 1.165) is 12.8 Å². The van der Waals surface area contributed by atoms with Crippen molar-refractivity contribution in [3.8, 4) is 0 Å². The Morgan fingerprint density at radius 3 is 2.71 bits per heavy atom. The first-order valence-corrected chi connectivity index (χ1v) is 4.82. The summed E-state index contributed by atoms with van der Waals surface area (Å²) in [5.74, 6) is -0.0878. The molecule has 14 heavy (non-hydrogen) atoms. The number of unbranched alkanes of at least 4 members (excludes halogenated alkanes) is 1. The van der Waals surface area contributed by atoms with Crippen molar-refractivity contribution in [2.75, 3.05) is 26.3 Å². The minimum Gasteiger partial charge on any atom is -0.372 e. The zero-order chi connectivity index (χ0) is 10.6. The van der Waals surface area contributed by atoms with E-state index >= 15 is 0 Å². The number of carbonyl (C=O) groups is 2. The summed E-state index contributed by atoms with van der Waals surface area (Å²) in [6.07, 6.45) is 2.40. The number of carbonyl (C=O) groups excluding carboxylic acids is 2. The lowest BCUT2D eigenvalue weighted by molar-refractivity contribution is -0.125. The van der Waals surface area contributed by atoms with Crippen molar-refractivity contribution in [2.45, 2.75) is 19.8 Å². The second kappa shape index (κ2) is 9.98. The molecule has 0 fully saturated rings. The van der Waals surface area contributed by atoms with Crippen LogP contribution in [0.1, 0.15) is 19.8 Å². The third kappa shape index (κ3) is 8.99. The Balaban J connectivity index is 3.10. The number of hydrogen-bond acceptors (Lipinski definition) is 3. The van der Waals surface area contributed by atoms with Gasteiger partial charge in [-0.3, -0.25) is 9.59 Å². The topological polar surface area (TPSA) is 67.4 Å². The lowest BCUT2D eigenvalue weighted by atomic mass is 10.3. The Morgan fingerprint density at radius 1 is 1.36 bits per heavy atom. The number of nitrogens with one attached hydrogen (secondary N) is 2. The fourth-order valence-electron chi connectivity index (χ4n) is 0.885. The number of rotatable bonds is 9. The molecule has 0 saturated heterocycles. The van der Waals surface area contributed by atoms with Crippen LogP contribution in [-0.4, -0.2) is 38.6 Å². The summed E-state index contributed by atoms with van der Waals surface area (Å²) in [7, 11) is 0. The van der Waals surface area contributed by atoms with Gasteiger partial charge in [0.1, 0.15) is 6.61 Å². The molecule has 0 aliphatic heterocycles. The maximum Gasteiger partial charge on any atom is 0.245 e. The Morgan fingerprint density at radius 2 is 2.07 bits per heavy atom. The van der Waals surface area contributed by atoms with Crippen LogP contribution < -0.4 is 10.6 Å². The summed E-state index contributed by atoms with van der Waals surface area (Å²) in [6.45, 7) is 3.81. The predicted molar refractivity (Wildman–Crippen MR) is 52.8 cm³/mol. The van der Waals surface area contributed by atoms with E-state index in [1.54, 1.807) is 0 Å². The maximum absolute atomic E-state index is 11.0. The highest BCUT2D eigenvalue weighted by atomic mass is 16.5. The standard InChI is InChI=1S/C9H18N2O3/c1-2-14-7-9(13)11-6-4-3-5-10-8-12/h8H,2-7H2,1H3,(H,10,12)(H,11,13). The van der Waals surface area contributed by atoms with E-state index in [0.29, 0.717) is 26.1 Å². The number of amides is 2. The summed E-state index contributed by atoms with van der Waals surface area (Å²) in [5, 5.41) is 5.27. The quantitative estimate of drug-likeness (QED) is 0.397. The Bertz CT molecular complexity index is 162. The summed E-state index contributed by atoms with van der Waals surface area (Å²) < 4.78 is 4.92. The van der Waals surface area contributed by atoms with Gasteiger partial charge in [-0.25, -0.2) is 0 Å². The molecule has 0 aliphatic carbocycles. The van der Waals surface area contributed by atoms with Gasteiger partial charge in [0.2, 0.25) is 12.3 Å². The number of ether oxygens (including phenoxy) is 1. The average molecular weight is 202 g/mol. The molecule has 0 bridgehead atoms. The second-order valence-electron chi connectivity index (χ2n) is 2.77. The summed E-state index contributed by atoms with van der Waals surface area (Å²) in [6, 6.07) is 0. The fourth-order valence-corrected chi connectivity index (χ4v) is 0.885. The van der Waals surface area contributed by atoms with Gasteiger partial charge in [0.15, 0.2) is 0 Å². The molecular formula is C9H18N2O3. The molecule has 0 radical (unpaired) electrons. The second-order valence-corrected chi connectivity index (χ2v) is 2.77. The SMILES string of the molecule is CCOCC(=O)NCCCCNC=O. The third-order valence-corrected chi connectivity index (χ3v) is 1.59. The van der Waals surface area contributed by atoms with Crippen molar-refractivity contribution >= 4 is 12.3 Å². The van der Waals surface area contributed by atoms with E-state index < -0.39 is 0 Å². The van der Waals surface area contributed by atoms with E-state index in [1.807, 2.05) is 6.92 Å². The molecule has 5 nitrogen and oxygen atoms in total. The van der Waals surface area contributed by atoms with Gasteiger partial charge in [-0.05, 0) is 19.8 Å². The van der Waals surface area contributed by atoms with E-state index in [9.17, 15) is 9.59 Å². The highest BCUT2D eigenvalue weighted by Gasteiger charge is 1.98. The van der Waals surface area contributed by atoms with Crippen molar-refractivity contribution in [3.05, 3.63) is 0 Å². The van der Waals surface area contributed by atoms with Gasteiger partial charge in [-0.2, -0.15) is 0 Å². The van der Waals surface area contributed by atoms with Gasteiger partial charge in [-0.1, -0.05) is 0 Å². The summed E-state index contributed by atoms with van der Waals surface area (Å²) in [4.78, 5) is 20.8. The monoisotopic (exact) mass is 202 g/mol. The Hall–Kier alpha value is -1.10. The number of hydrogen-bond donors (Lipinski definition) is 2. The maximum atomic E-state index is 11.0. The first kappa shape index (κ1) is 12.9. The zero-order valence-electron chi connectivity index (χ0n) is 8.54. The van der Waals surface area contributed by atoms with Gasteiger partial charge in [0.05, 0.1) is 0 Å². The molecule has 0 unspecified atom stereocenters. The van der Waals surface area contributed by atoms with E-state index in [2.05, 4.69) is 10.6 Å². The van der Waals surface area contributed by atoms with E-state index in [-0.39, 0.29) is 12.5 Å². The highest BCUT2D eigenvalue weighted by Crippen LogP contribution is 1.84. The summed E-state index contributed by atoms with van der Waals surface area (Å²) >= 11 is 0. The molecule has 5 heteroatoms. The molecule has 0 rings (SSSR count). The molecule has 0 aromatic heterocycles. The molecule has 0 aromatic rings. The average Bonchev–Trinajstić information content (AvgIpc) is 2.20. The fraction of sp³-hybridized carbons (Fsp3) is 0.778. The van der Waals surface area contributed by atoms with Crippen LogP contribution in [0.3, 0.4) is 0 Å². The zero-order valence-corrected chi connectivity index (χ0v) is 8.54.